The predicted octanol–water partition coefficient (Wildman–Crippen LogP) is 1.67. The normalized spacial score (nSPS) is 11.4. The van der Waals surface area contributed by atoms with Crippen LogP contribution in [0, 0.1) is 6.92 Å². The highest BCUT2D eigenvalue weighted by molar-refractivity contribution is 7.89. The lowest BCUT2D eigenvalue weighted by Crippen LogP contribution is -2.37. The molecule has 0 fully saturated rings. The van der Waals surface area contributed by atoms with Gasteiger partial charge in [0.2, 0.25) is 15.9 Å². The number of amides is 1. The summed E-state index contributed by atoms with van der Waals surface area (Å²) in [5.74, 6) is 0.0515. The fourth-order valence-electron chi connectivity index (χ4n) is 1.94. The van der Waals surface area contributed by atoms with Gasteiger partial charge in [-0.25, -0.2) is 13.1 Å². The number of nitrogens with zero attached hydrogens (tertiary/aromatic N) is 1. The monoisotopic (exact) mass is 312 g/mol. The molecule has 0 spiro atoms. The highest BCUT2D eigenvalue weighted by Gasteiger charge is 2.12. The van der Waals surface area contributed by atoms with Gasteiger partial charge in [0, 0.05) is 26.6 Å². The van der Waals surface area contributed by atoms with E-state index in [1.165, 1.54) is 12.5 Å². The summed E-state index contributed by atoms with van der Waals surface area (Å²) in [4.78, 5) is 13.3. The number of hydrogen-bond donors (Lipinski definition) is 1. The van der Waals surface area contributed by atoms with Crippen molar-refractivity contribution in [3.05, 3.63) is 35.4 Å². The molecule has 0 radical (unpaired) electrons. The van der Waals surface area contributed by atoms with Crippen LogP contribution in [-0.4, -0.2) is 38.1 Å². The molecule has 21 heavy (non-hydrogen) atoms. The number of benzene rings is 1. The molecule has 1 aromatic carbocycles. The van der Waals surface area contributed by atoms with Crippen molar-refractivity contribution >= 4 is 15.9 Å². The first-order chi connectivity index (χ1) is 9.84. The Labute approximate surface area is 127 Å². The summed E-state index contributed by atoms with van der Waals surface area (Å²) in [5.41, 5.74) is 2.20. The zero-order valence-electron chi connectivity index (χ0n) is 12.9. The van der Waals surface area contributed by atoms with Crippen molar-refractivity contribution in [1.82, 2.24) is 9.62 Å². The van der Waals surface area contributed by atoms with Gasteiger partial charge in [-0.2, -0.15) is 0 Å². The van der Waals surface area contributed by atoms with Crippen LogP contribution < -0.4 is 4.72 Å². The van der Waals surface area contributed by atoms with Crippen molar-refractivity contribution in [1.29, 1.82) is 0 Å². The summed E-state index contributed by atoms with van der Waals surface area (Å²) >= 11 is 0. The SMILES string of the molecule is CCCS(=O)(=O)NCCN(Cc1ccc(C)cc1)C(C)=O. The van der Waals surface area contributed by atoms with Crippen LogP contribution in [0.1, 0.15) is 31.4 Å². The minimum atomic E-state index is -3.22. The number of carbonyl (C=O) groups excluding carboxylic acids is 1. The summed E-state index contributed by atoms with van der Waals surface area (Å²) in [6.45, 7) is 6.42. The molecule has 0 aliphatic carbocycles. The van der Waals surface area contributed by atoms with Gasteiger partial charge in [0.05, 0.1) is 5.75 Å². The second-order valence-electron chi connectivity index (χ2n) is 5.14. The van der Waals surface area contributed by atoms with Gasteiger partial charge >= 0.3 is 0 Å². The van der Waals surface area contributed by atoms with Gasteiger partial charge < -0.3 is 4.90 Å². The molecule has 118 valence electrons. The van der Waals surface area contributed by atoms with E-state index in [9.17, 15) is 13.2 Å². The zero-order chi connectivity index (χ0) is 15.9. The van der Waals surface area contributed by atoms with Crippen LogP contribution in [0.25, 0.3) is 0 Å². The Kier molecular flexibility index (Phi) is 6.84. The molecule has 0 aliphatic heterocycles. The lowest BCUT2D eigenvalue weighted by Gasteiger charge is -2.21. The lowest BCUT2D eigenvalue weighted by molar-refractivity contribution is -0.129. The minimum Gasteiger partial charge on any atom is -0.337 e. The van der Waals surface area contributed by atoms with Crippen LogP contribution in [0.4, 0.5) is 0 Å². The van der Waals surface area contributed by atoms with Crippen LogP contribution in [0.2, 0.25) is 0 Å². The van der Waals surface area contributed by atoms with E-state index in [4.69, 9.17) is 0 Å². The molecule has 5 nitrogen and oxygen atoms in total. The molecule has 1 N–H and O–H groups in total. The standard InChI is InChI=1S/C15H24N2O3S/c1-4-11-21(19,20)16-9-10-17(14(3)18)12-15-7-5-13(2)6-8-15/h5-8,16H,4,9-12H2,1-3H3. The largest absolute Gasteiger partial charge is 0.337 e. The Morgan fingerprint density at radius 3 is 2.38 bits per heavy atom. The molecule has 0 saturated carbocycles. The average molecular weight is 312 g/mol. The first kappa shape index (κ1) is 17.7. The molecule has 1 rings (SSSR count). The second kappa shape index (κ2) is 8.14. The van der Waals surface area contributed by atoms with E-state index in [0.717, 1.165) is 5.56 Å². The van der Waals surface area contributed by atoms with Crippen LogP contribution in [-0.2, 0) is 21.4 Å². The maximum Gasteiger partial charge on any atom is 0.219 e. The summed E-state index contributed by atoms with van der Waals surface area (Å²) in [7, 11) is -3.22. The second-order valence-corrected chi connectivity index (χ2v) is 7.07. The average Bonchev–Trinajstić information content (AvgIpc) is 2.39. The highest BCUT2D eigenvalue weighted by Crippen LogP contribution is 2.07. The van der Waals surface area contributed by atoms with Gasteiger partial charge in [0.25, 0.3) is 0 Å². The molecule has 1 amide bonds. The minimum absolute atomic E-state index is 0.0646. The maximum absolute atomic E-state index is 11.6. The molecule has 0 saturated heterocycles. The molecule has 0 aliphatic rings. The lowest BCUT2D eigenvalue weighted by atomic mass is 10.1. The third kappa shape index (κ3) is 6.73. The van der Waals surface area contributed by atoms with Gasteiger partial charge in [-0.15, -0.1) is 0 Å². The fraction of sp³-hybridized carbons (Fsp3) is 0.533. The van der Waals surface area contributed by atoms with E-state index < -0.39 is 10.0 Å². The maximum atomic E-state index is 11.6. The Morgan fingerprint density at radius 2 is 1.86 bits per heavy atom. The van der Waals surface area contributed by atoms with Crippen molar-refractivity contribution < 1.29 is 13.2 Å². The van der Waals surface area contributed by atoms with Gasteiger partial charge in [0.1, 0.15) is 0 Å². The molecule has 0 unspecified atom stereocenters. The molecule has 0 heterocycles. The third-order valence-electron chi connectivity index (χ3n) is 3.12. The van der Waals surface area contributed by atoms with E-state index >= 15 is 0 Å². The molecule has 1 aromatic rings. The quantitative estimate of drug-likeness (QED) is 0.794. The van der Waals surface area contributed by atoms with Crippen LogP contribution >= 0.6 is 0 Å². The fourth-order valence-corrected chi connectivity index (χ4v) is 3.02. The van der Waals surface area contributed by atoms with E-state index in [1.54, 1.807) is 4.90 Å². The Bertz CT molecular complexity index is 553. The van der Waals surface area contributed by atoms with Crippen LogP contribution in [0.15, 0.2) is 24.3 Å². The van der Waals surface area contributed by atoms with Gasteiger partial charge in [-0.3, -0.25) is 4.79 Å². The van der Waals surface area contributed by atoms with Crippen LogP contribution in [0.3, 0.4) is 0 Å². The number of carbonyl (C=O) groups is 1. The third-order valence-corrected chi connectivity index (χ3v) is 4.71. The van der Waals surface area contributed by atoms with Gasteiger partial charge in [-0.1, -0.05) is 36.8 Å². The molecular formula is C15H24N2O3S. The van der Waals surface area contributed by atoms with Crippen molar-refractivity contribution in [2.45, 2.75) is 33.7 Å². The number of nitrogens with one attached hydrogen (secondary N) is 1. The number of sulfonamides is 1. The topological polar surface area (TPSA) is 66.5 Å². The number of rotatable bonds is 8. The van der Waals surface area contributed by atoms with Crippen molar-refractivity contribution in [3.8, 4) is 0 Å². The highest BCUT2D eigenvalue weighted by atomic mass is 32.2. The molecular weight excluding hydrogens is 288 g/mol. The first-order valence-corrected chi connectivity index (χ1v) is 8.77. The summed E-state index contributed by atoms with van der Waals surface area (Å²) in [6, 6.07) is 7.95. The summed E-state index contributed by atoms with van der Waals surface area (Å²) in [6.07, 6.45) is 0.578. The number of hydrogen-bond acceptors (Lipinski definition) is 3. The van der Waals surface area contributed by atoms with Crippen molar-refractivity contribution in [2.75, 3.05) is 18.8 Å². The van der Waals surface area contributed by atoms with Crippen molar-refractivity contribution in [3.63, 3.8) is 0 Å². The van der Waals surface area contributed by atoms with Gasteiger partial charge in [-0.05, 0) is 18.9 Å². The summed E-state index contributed by atoms with van der Waals surface area (Å²) < 4.78 is 25.6. The molecule has 6 heteroatoms. The van der Waals surface area contributed by atoms with E-state index in [0.29, 0.717) is 19.5 Å². The van der Waals surface area contributed by atoms with E-state index in [2.05, 4.69) is 4.72 Å². The Morgan fingerprint density at radius 1 is 1.24 bits per heavy atom. The first-order valence-electron chi connectivity index (χ1n) is 7.12. The molecule has 0 atom stereocenters. The van der Waals surface area contributed by atoms with Gasteiger partial charge in [0.15, 0.2) is 0 Å². The van der Waals surface area contributed by atoms with E-state index in [-0.39, 0.29) is 18.2 Å². The van der Waals surface area contributed by atoms with Crippen LogP contribution in [0.5, 0.6) is 0 Å². The van der Waals surface area contributed by atoms with Crippen molar-refractivity contribution in [2.24, 2.45) is 0 Å². The smallest absolute Gasteiger partial charge is 0.219 e. The zero-order valence-corrected chi connectivity index (χ0v) is 13.7. The molecule has 0 aromatic heterocycles. The van der Waals surface area contributed by atoms with E-state index in [1.807, 2.05) is 38.1 Å². The summed E-state index contributed by atoms with van der Waals surface area (Å²) in [5, 5.41) is 0. The number of aryl methyl sites for hydroxylation is 1. The Hall–Kier alpha value is -1.40. The predicted molar refractivity (Wildman–Crippen MR) is 84.4 cm³/mol. The Balaban J connectivity index is 2.55. The molecule has 0 bridgehead atoms.